The highest BCUT2D eigenvalue weighted by atomic mass is 16.6. The van der Waals surface area contributed by atoms with Gasteiger partial charge in [0.25, 0.3) is 0 Å². The Morgan fingerprint density at radius 2 is 0.741 bits per heavy atom. The lowest BCUT2D eigenvalue weighted by Gasteiger charge is -2.10. The summed E-state index contributed by atoms with van der Waals surface area (Å²) in [6, 6.07) is 31.6. The molecule has 2 fully saturated rings. The van der Waals surface area contributed by atoms with Gasteiger partial charge in [-0.2, -0.15) is 0 Å². The molecule has 6 aromatic carbocycles. The number of benzene rings is 6. The molecule has 58 heavy (non-hydrogen) atoms. The van der Waals surface area contributed by atoms with E-state index < -0.39 is 11.9 Å². The van der Waals surface area contributed by atoms with Crippen molar-refractivity contribution in [1.29, 1.82) is 0 Å². The van der Waals surface area contributed by atoms with Gasteiger partial charge in [0, 0.05) is 12.8 Å². The minimum atomic E-state index is -0.510. The summed E-state index contributed by atoms with van der Waals surface area (Å²) in [5.74, 6) is 0.136. The zero-order valence-corrected chi connectivity index (χ0v) is 32.1. The Kier molecular flexibility index (Phi) is 12.0. The van der Waals surface area contributed by atoms with Crippen molar-refractivity contribution in [3.8, 4) is 23.0 Å². The first kappa shape index (κ1) is 38.8. The Balaban J connectivity index is 0.822. The molecule has 0 aromatic heterocycles. The minimum absolute atomic E-state index is 0.259. The Morgan fingerprint density at radius 3 is 1.10 bits per heavy atom. The lowest BCUT2D eigenvalue weighted by atomic mass is 10.1. The van der Waals surface area contributed by atoms with Gasteiger partial charge >= 0.3 is 23.9 Å². The quantitative estimate of drug-likeness (QED) is 0.0359. The molecular formula is C48H44O10. The number of carbonyl (C=O) groups is 4. The Bertz CT molecular complexity index is 2310. The van der Waals surface area contributed by atoms with Crippen molar-refractivity contribution in [3.05, 3.63) is 120 Å². The maximum Gasteiger partial charge on any atom is 0.343 e. The van der Waals surface area contributed by atoms with Gasteiger partial charge < -0.3 is 28.4 Å². The predicted molar refractivity (Wildman–Crippen MR) is 219 cm³/mol. The molecule has 2 saturated heterocycles. The molecule has 8 rings (SSSR count). The zero-order chi connectivity index (χ0) is 39.8. The second-order valence-corrected chi connectivity index (χ2v) is 15.0. The van der Waals surface area contributed by atoms with Crippen LogP contribution in [0.5, 0.6) is 23.0 Å². The minimum Gasteiger partial charge on any atom is -0.427 e. The summed E-state index contributed by atoms with van der Waals surface area (Å²) in [6.07, 6.45) is 9.30. The van der Waals surface area contributed by atoms with Gasteiger partial charge in [-0.25, -0.2) is 9.59 Å². The van der Waals surface area contributed by atoms with E-state index in [1.807, 2.05) is 12.1 Å². The zero-order valence-electron chi connectivity index (χ0n) is 32.1. The number of ether oxygens (including phenoxy) is 6. The maximum atomic E-state index is 13.1. The molecular weight excluding hydrogens is 737 g/mol. The van der Waals surface area contributed by atoms with E-state index in [0.717, 1.165) is 96.9 Å². The molecule has 0 bridgehead atoms. The second-order valence-electron chi connectivity index (χ2n) is 15.0. The first-order valence-electron chi connectivity index (χ1n) is 20.0. The van der Waals surface area contributed by atoms with Gasteiger partial charge in [-0.15, -0.1) is 0 Å². The summed E-state index contributed by atoms with van der Waals surface area (Å²) in [5.41, 5.74) is 0.760. The predicted octanol–water partition coefficient (Wildman–Crippen LogP) is 10.1. The Hall–Kier alpha value is -6.10. The summed E-state index contributed by atoms with van der Waals surface area (Å²) in [5, 5.41) is 4.88. The average molecular weight is 781 g/mol. The lowest BCUT2D eigenvalue weighted by Crippen LogP contribution is -2.09. The van der Waals surface area contributed by atoms with Crippen LogP contribution < -0.4 is 18.9 Å². The Labute approximate surface area is 335 Å². The first-order chi connectivity index (χ1) is 28.3. The fraction of sp³-hybridized carbons (Fsp3) is 0.292. The molecule has 0 radical (unpaired) electrons. The van der Waals surface area contributed by atoms with Gasteiger partial charge in [0.2, 0.25) is 0 Å². The highest BCUT2D eigenvalue weighted by Gasteiger charge is 2.22. The van der Waals surface area contributed by atoms with Gasteiger partial charge in [-0.3, -0.25) is 9.59 Å². The van der Waals surface area contributed by atoms with Crippen LogP contribution >= 0.6 is 0 Å². The van der Waals surface area contributed by atoms with Crippen molar-refractivity contribution >= 4 is 56.2 Å². The molecule has 0 amide bonds. The molecule has 296 valence electrons. The van der Waals surface area contributed by atoms with Gasteiger partial charge in [0.1, 0.15) is 23.0 Å². The van der Waals surface area contributed by atoms with Crippen LogP contribution in [0.2, 0.25) is 0 Å². The molecule has 0 aliphatic carbocycles. The number of hydrogen-bond donors (Lipinski definition) is 0. The molecule has 0 spiro atoms. The molecule has 2 aliphatic rings. The fourth-order valence-electron chi connectivity index (χ4n) is 6.96. The van der Waals surface area contributed by atoms with Crippen molar-refractivity contribution in [1.82, 2.24) is 0 Å². The van der Waals surface area contributed by atoms with Crippen molar-refractivity contribution < 1.29 is 47.6 Å². The highest BCUT2D eigenvalue weighted by Crippen LogP contribution is 2.29. The van der Waals surface area contributed by atoms with Crippen LogP contribution in [-0.4, -0.2) is 49.3 Å². The first-order valence-corrected chi connectivity index (χ1v) is 20.0. The molecule has 0 saturated carbocycles. The SMILES string of the molecule is O=C(CCCCCC1CO1)Oc1ccc2cc(C(=O)Oc3ccc4cc(OC(=O)c5ccc6cc(OC(=O)CCCCCC7CO7)ccc6c5)ccc4c3)ccc2c1. The van der Waals surface area contributed by atoms with E-state index in [0.29, 0.717) is 59.2 Å². The third kappa shape index (κ3) is 10.6. The number of fused-ring (bicyclic) bond motifs is 3. The van der Waals surface area contributed by atoms with E-state index in [4.69, 9.17) is 28.4 Å². The second kappa shape index (κ2) is 18.0. The smallest absolute Gasteiger partial charge is 0.343 e. The van der Waals surface area contributed by atoms with Crippen LogP contribution in [0.15, 0.2) is 109 Å². The van der Waals surface area contributed by atoms with Gasteiger partial charge in [0.05, 0.1) is 36.5 Å². The van der Waals surface area contributed by atoms with E-state index in [2.05, 4.69) is 0 Å². The number of hydrogen-bond acceptors (Lipinski definition) is 10. The number of esters is 4. The van der Waals surface area contributed by atoms with Crippen LogP contribution in [0.1, 0.15) is 84.9 Å². The Morgan fingerprint density at radius 1 is 0.414 bits per heavy atom. The number of carbonyl (C=O) groups excluding carboxylic acids is 4. The third-order valence-electron chi connectivity index (χ3n) is 10.4. The van der Waals surface area contributed by atoms with Gasteiger partial charge in [0.15, 0.2) is 0 Å². The lowest BCUT2D eigenvalue weighted by molar-refractivity contribution is -0.135. The summed E-state index contributed by atoms with van der Waals surface area (Å²) >= 11 is 0. The molecule has 2 heterocycles. The molecule has 2 unspecified atom stereocenters. The highest BCUT2D eigenvalue weighted by molar-refractivity contribution is 5.99. The van der Waals surface area contributed by atoms with Crippen LogP contribution in [0.3, 0.4) is 0 Å². The average Bonchev–Trinajstić information content (AvgIpc) is 4.17. The number of epoxide rings is 2. The van der Waals surface area contributed by atoms with Crippen LogP contribution in [0.25, 0.3) is 32.3 Å². The summed E-state index contributed by atoms with van der Waals surface area (Å²) in [7, 11) is 0. The van der Waals surface area contributed by atoms with Crippen molar-refractivity contribution in [2.24, 2.45) is 0 Å². The normalized spacial score (nSPS) is 15.6. The topological polar surface area (TPSA) is 130 Å². The van der Waals surface area contributed by atoms with Crippen molar-refractivity contribution in [2.45, 2.75) is 76.4 Å². The molecule has 0 N–H and O–H groups in total. The van der Waals surface area contributed by atoms with Crippen molar-refractivity contribution in [2.75, 3.05) is 13.2 Å². The number of rotatable bonds is 18. The van der Waals surface area contributed by atoms with Crippen LogP contribution in [0.4, 0.5) is 0 Å². The summed E-state index contributed by atoms with van der Waals surface area (Å²) in [4.78, 5) is 50.9. The van der Waals surface area contributed by atoms with Crippen molar-refractivity contribution in [3.63, 3.8) is 0 Å². The molecule has 10 nitrogen and oxygen atoms in total. The monoisotopic (exact) mass is 780 g/mol. The van der Waals surface area contributed by atoms with Crippen LogP contribution in [-0.2, 0) is 19.1 Å². The fourth-order valence-corrected chi connectivity index (χ4v) is 6.96. The van der Waals surface area contributed by atoms with E-state index in [1.54, 1.807) is 97.1 Å². The van der Waals surface area contributed by atoms with Gasteiger partial charge in [-0.05, 0) is 131 Å². The molecule has 10 heteroatoms. The van der Waals surface area contributed by atoms with E-state index in [9.17, 15) is 19.2 Å². The van der Waals surface area contributed by atoms with E-state index in [-0.39, 0.29) is 11.9 Å². The van der Waals surface area contributed by atoms with Crippen LogP contribution in [0, 0.1) is 0 Å². The molecule has 6 aromatic rings. The van der Waals surface area contributed by atoms with Gasteiger partial charge in [-0.1, -0.05) is 62.1 Å². The molecule has 2 aliphatic heterocycles. The standard InChI is InChI=1S/C48H44O10/c49-45(9-5-1-3-7-43-29-53-43)55-39-19-15-31-23-37(13-11-33(31)25-39)47(51)57-41-21-17-36-28-42(22-18-35(36)27-41)58-48(52)38-14-12-34-26-40(20-16-32(34)24-38)56-46(50)10-6-2-4-8-44-30-54-44/h11-28,43-44H,1-10,29-30H2. The largest absolute Gasteiger partial charge is 0.427 e. The van der Waals surface area contributed by atoms with E-state index >= 15 is 0 Å². The third-order valence-corrected chi connectivity index (χ3v) is 10.4. The number of unbranched alkanes of at least 4 members (excludes halogenated alkanes) is 4. The maximum absolute atomic E-state index is 13.1. The summed E-state index contributed by atoms with van der Waals surface area (Å²) < 4.78 is 33.0. The summed E-state index contributed by atoms with van der Waals surface area (Å²) in [6.45, 7) is 1.72. The van der Waals surface area contributed by atoms with E-state index in [1.165, 1.54) is 0 Å². The molecule has 2 atom stereocenters.